The largest absolute Gasteiger partial charge is 0.493 e. The van der Waals surface area contributed by atoms with Crippen molar-refractivity contribution >= 4 is 5.71 Å². The SMILES string of the molecule is CCOc1cc2c(cc1C1=NOC(CN)C1)OC(C)C2. The molecule has 1 aromatic carbocycles. The first-order valence-electron chi connectivity index (χ1n) is 7.10. The first kappa shape index (κ1) is 13.2. The number of benzene rings is 1. The molecule has 2 aliphatic heterocycles. The average Bonchev–Trinajstić information content (AvgIpc) is 3.03. The fourth-order valence-electron chi connectivity index (χ4n) is 2.65. The summed E-state index contributed by atoms with van der Waals surface area (Å²) in [6.45, 7) is 5.14. The summed E-state index contributed by atoms with van der Waals surface area (Å²) in [5.41, 5.74) is 8.66. The van der Waals surface area contributed by atoms with Gasteiger partial charge in [-0.25, -0.2) is 0 Å². The molecule has 3 rings (SSSR count). The highest BCUT2D eigenvalue weighted by Crippen LogP contribution is 2.36. The number of rotatable bonds is 4. The summed E-state index contributed by atoms with van der Waals surface area (Å²) in [5, 5.41) is 4.15. The molecule has 0 spiro atoms. The van der Waals surface area contributed by atoms with Gasteiger partial charge < -0.3 is 20.0 Å². The van der Waals surface area contributed by atoms with Crippen LogP contribution >= 0.6 is 0 Å². The van der Waals surface area contributed by atoms with E-state index < -0.39 is 0 Å². The van der Waals surface area contributed by atoms with E-state index in [1.165, 1.54) is 5.56 Å². The molecule has 2 heterocycles. The Bertz CT molecular complexity index is 542. The standard InChI is InChI=1S/C15H20N2O3/c1-3-18-15-5-10-4-9(2)19-14(10)7-12(15)13-6-11(8-16)20-17-13/h5,7,9,11H,3-4,6,8,16H2,1-2H3. The minimum Gasteiger partial charge on any atom is -0.493 e. The zero-order chi connectivity index (χ0) is 14.1. The Balaban J connectivity index is 1.95. The molecule has 2 unspecified atom stereocenters. The second-order valence-electron chi connectivity index (χ2n) is 5.23. The quantitative estimate of drug-likeness (QED) is 0.911. The second kappa shape index (κ2) is 5.32. The van der Waals surface area contributed by atoms with Gasteiger partial charge in [0.25, 0.3) is 0 Å². The number of hydrogen-bond donors (Lipinski definition) is 1. The number of nitrogens with two attached hydrogens (primary N) is 1. The minimum atomic E-state index is -0.0347. The van der Waals surface area contributed by atoms with Gasteiger partial charge in [0.15, 0.2) is 0 Å². The van der Waals surface area contributed by atoms with E-state index in [9.17, 15) is 0 Å². The topological polar surface area (TPSA) is 66.1 Å². The van der Waals surface area contributed by atoms with Gasteiger partial charge in [-0.3, -0.25) is 0 Å². The molecule has 5 heteroatoms. The summed E-state index contributed by atoms with van der Waals surface area (Å²) in [6, 6.07) is 4.08. The molecule has 0 bridgehead atoms. The van der Waals surface area contributed by atoms with Crippen LogP contribution in [0.25, 0.3) is 0 Å². The van der Waals surface area contributed by atoms with Gasteiger partial charge >= 0.3 is 0 Å². The lowest BCUT2D eigenvalue weighted by Gasteiger charge is -2.12. The van der Waals surface area contributed by atoms with Gasteiger partial charge in [-0.2, -0.15) is 0 Å². The molecular formula is C15H20N2O3. The maximum absolute atomic E-state index is 5.82. The second-order valence-corrected chi connectivity index (χ2v) is 5.23. The molecule has 2 atom stereocenters. The van der Waals surface area contributed by atoms with Gasteiger partial charge in [-0.05, 0) is 26.0 Å². The number of hydrogen-bond acceptors (Lipinski definition) is 5. The van der Waals surface area contributed by atoms with Crippen molar-refractivity contribution in [3.8, 4) is 11.5 Å². The normalized spacial score (nSPS) is 23.9. The van der Waals surface area contributed by atoms with Gasteiger partial charge in [0.05, 0.1) is 12.3 Å². The first-order valence-corrected chi connectivity index (χ1v) is 7.10. The predicted molar refractivity (Wildman–Crippen MR) is 76.5 cm³/mol. The Kier molecular flexibility index (Phi) is 3.53. The van der Waals surface area contributed by atoms with E-state index in [0.717, 1.165) is 29.2 Å². The predicted octanol–water partition coefficient (Wildman–Crippen LogP) is 1.86. The van der Waals surface area contributed by atoms with E-state index in [2.05, 4.69) is 18.1 Å². The van der Waals surface area contributed by atoms with Crippen LogP contribution in [0.2, 0.25) is 0 Å². The molecule has 0 saturated carbocycles. The van der Waals surface area contributed by atoms with Crippen LogP contribution in [0.1, 0.15) is 31.4 Å². The van der Waals surface area contributed by atoms with E-state index in [-0.39, 0.29) is 12.2 Å². The monoisotopic (exact) mass is 276 g/mol. The maximum atomic E-state index is 5.82. The Morgan fingerprint density at radius 3 is 2.95 bits per heavy atom. The molecular weight excluding hydrogens is 256 g/mol. The lowest BCUT2D eigenvalue weighted by Crippen LogP contribution is -2.20. The summed E-state index contributed by atoms with van der Waals surface area (Å²) in [5.74, 6) is 1.78. The van der Waals surface area contributed by atoms with E-state index >= 15 is 0 Å². The number of oxime groups is 1. The minimum absolute atomic E-state index is 0.0347. The van der Waals surface area contributed by atoms with Gasteiger partial charge in [-0.15, -0.1) is 0 Å². The highest BCUT2D eigenvalue weighted by molar-refractivity contribution is 6.04. The summed E-state index contributed by atoms with van der Waals surface area (Å²) in [4.78, 5) is 5.31. The van der Waals surface area contributed by atoms with E-state index in [1.54, 1.807) is 0 Å². The molecule has 0 aliphatic carbocycles. The third kappa shape index (κ3) is 2.33. The number of nitrogens with zero attached hydrogens (tertiary/aromatic N) is 1. The smallest absolute Gasteiger partial charge is 0.145 e. The van der Waals surface area contributed by atoms with Crippen LogP contribution in [0.15, 0.2) is 17.3 Å². The lowest BCUT2D eigenvalue weighted by molar-refractivity contribution is 0.0918. The van der Waals surface area contributed by atoms with Crippen LogP contribution in [0, 0.1) is 0 Å². The molecule has 108 valence electrons. The van der Waals surface area contributed by atoms with Crippen molar-refractivity contribution in [2.24, 2.45) is 10.9 Å². The van der Waals surface area contributed by atoms with Crippen molar-refractivity contribution in [2.45, 2.75) is 38.9 Å². The van der Waals surface area contributed by atoms with Crippen LogP contribution < -0.4 is 15.2 Å². The highest BCUT2D eigenvalue weighted by Gasteiger charge is 2.27. The summed E-state index contributed by atoms with van der Waals surface area (Å²) < 4.78 is 11.6. The zero-order valence-corrected chi connectivity index (χ0v) is 11.9. The maximum Gasteiger partial charge on any atom is 0.145 e. The number of ether oxygens (including phenoxy) is 2. The van der Waals surface area contributed by atoms with Gasteiger partial charge in [0.1, 0.15) is 23.7 Å². The summed E-state index contributed by atoms with van der Waals surface area (Å²) >= 11 is 0. The van der Waals surface area contributed by atoms with E-state index in [1.807, 2.05) is 13.0 Å². The average molecular weight is 276 g/mol. The fourth-order valence-corrected chi connectivity index (χ4v) is 2.65. The van der Waals surface area contributed by atoms with Crippen molar-refractivity contribution in [3.63, 3.8) is 0 Å². The van der Waals surface area contributed by atoms with E-state index in [4.69, 9.17) is 20.0 Å². The Labute approximate surface area is 118 Å². The van der Waals surface area contributed by atoms with Gasteiger partial charge in [0, 0.05) is 30.5 Å². The van der Waals surface area contributed by atoms with Crippen LogP contribution in [0.3, 0.4) is 0 Å². The third-order valence-electron chi connectivity index (χ3n) is 3.60. The van der Waals surface area contributed by atoms with Crippen molar-refractivity contribution in [1.29, 1.82) is 0 Å². The Hall–Kier alpha value is -1.75. The van der Waals surface area contributed by atoms with Crippen LogP contribution in [-0.2, 0) is 11.3 Å². The molecule has 2 N–H and O–H groups in total. The van der Waals surface area contributed by atoms with Crippen molar-refractivity contribution in [2.75, 3.05) is 13.2 Å². The summed E-state index contributed by atoms with van der Waals surface area (Å²) in [6.07, 6.45) is 1.82. The van der Waals surface area contributed by atoms with E-state index in [0.29, 0.717) is 19.6 Å². The molecule has 0 aromatic heterocycles. The van der Waals surface area contributed by atoms with Gasteiger partial charge in [-0.1, -0.05) is 5.16 Å². The lowest BCUT2D eigenvalue weighted by atomic mass is 10.0. The Morgan fingerprint density at radius 2 is 2.25 bits per heavy atom. The molecule has 0 radical (unpaired) electrons. The number of fused-ring (bicyclic) bond motifs is 1. The molecule has 5 nitrogen and oxygen atoms in total. The molecule has 0 amide bonds. The fraction of sp³-hybridized carbons (Fsp3) is 0.533. The molecule has 0 saturated heterocycles. The molecule has 2 aliphatic rings. The molecule has 1 aromatic rings. The van der Waals surface area contributed by atoms with Crippen molar-refractivity contribution in [3.05, 3.63) is 23.3 Å². The van der Waals surface area contributed by atoms with Crippen molar-refractivity contribution < 1.29 is 14.3 Å². The third-order valence-corrected chi connectivity index (χ3v) is 3.60. The Morgan fingerprint density at radius 1 is 1.40 bits per heavy atom. The first-order chi connectivity index (χ1) is 9.71. The van der Waals surface area contributed by atoms with Gasteiger partial charge in [0.2, 0.25) is 0 Å². The molecule has 20 heavy (non-hydrogen) atoms. The van der Waals surface area contributed by atoms with Crippen molar-refractivity contribution in [1.82, 2.24) is 0 Å². The van der Waals surface area contributed by atoms with Crippen LogP contribution in [0.4, 0.5) is 0 Å². The van der Waals surface area contributed by atoms with Crippen LogP contribution in [-0.4, -0.2) is 31.1 Å². The summed E-state index contributed by atoms with van der Waals surface area (Å²) in [7, 11) is 0. The van der Waals surface area contributed by atoms with Crippen LogP contribution in [0.5, 0.6) is 11.5 Å². The highest BCUT2D eigenvalue weighted by atomic mass is 16.6. The molecule has 0 fully saturated rings. The zero-order valence-electron chi connectivity index (χ0n) is 11.9.